The van der Waals surface area contributed by atoms with Gasteiger partial charge in [0.25, 0.3) is 0 Å². The first-order valence-electron chi connectivity index (χ1n) is 5.99. The van der Waals surface area contributed by atoms with Gasteiger partial charge in [0, 0.05) is 24.9 Å². The molecule has 0 radical (unpaired) electrons. The van der Waals surface area contributed by atoms with Crippen LogP contribution in [0.1, 0.15) is 26.7 Å². The van der Waals surface area contributed by atoms with Crippen molar-refractivity contribution in [2.45, 2.75) is 33.2 Å². The summed E-state index contributed by atoms with van der Waals surface area (Å²) in [6.07, 6.45) is 0.532. The molecule has 0 saturated heterocycles. The minimum atomic E-state index is -0.0658. The Morgan fingerprint density at radius 1 is 1.50 bits per heavy atom. The Bertz CT molecular complexity index is 381. The number of anilines is 1. The third kappa shape index (κ3) is 4.52. The molecule has 7 heteroatoms. The number of carbonyl (C=O) groups excluding carboxylic acids is 1. The van der Waals surface area contributed by atoms with Crippen molar-refractivity contribution in [1.29, 1.82) is 0 Å². The van der Waals surface area contributed by atoms with Crippen molar-refractivity contribution >= 4 is 23.5 Å². The lowest BCUT2D eigenvalue weighted by Crippen LogP contribution is -2.40. The zero-order chi connectivity index (χ0) is 13.5. The minimum absolute atomic E-state index is 0.0658. The van der Waals surface area contributed by atoms with Crippen LogP contribution in [0.15, 0.2) is 4.42 Å². The van der Waals surface area contributed by atoms with E-state index in [4.69, 9.17) is 16.0 Å². The lowest BCUT2D eigenvalue weighted by molar-refractivity contribution is -0.120. The molecule has 0 aliphatic heterocycles. The van der Waals surface area contributed by atoms with Crippen LogP contribution in [-0.4, -0.2) is 41.1 Å². The molecule has 1 amide bonds. The monoisotopic (exact) mass is 274 g/mol. The Hall–Kier alpha value is -1.30. The van der Waals surface area contributed by atoms with Gasteiger partial charge < -0.3 is 14.6 Å². The Kier molecular flexibility index (Phi) is 5.91. The van der Waals surface area contributed by atoms with Crippen molar-refractivity contribution in [1.82, 2.24) is 15.5 Å². The molecule has 6 nitrogen and oxygen atoms in total. The summed E-state index contributed by atoms with van der Waals surface area (Å²) in [5.41, 5.74) is 0. The summed E-state index contributed by atoms with van der Waals surface area (Å²) in [5.74, 6) is 0.855. The molecule has 1 rings (SSSR count). The highest BCUT2D eigenvalue weighted by Gasteiger charge is 2.16. The van der Waals surface area contributed by atoms with Crippen LogP contribution < -0.4 is 10.2 Å². The fourth-order valence-corrected chi connectivity index (χ4v) is 1.57. The van der Waals surface area contributed by atoms with Gasteiger partial charge in [-0.15, -0.1) is 16.7 Å². The highest BCUT2D eigenvalue weighted by Crippen LogP contribution is 2.12. The van der Waals surface area contributed by atoms with Crippen molar-refractivity contribution < 1.29 is 9.21 Å². The van der Waals surface area contributed by atoms with E-state index >= 15 is 0 Å². The first-order valence-corrected chi connectivity index (χ1v) is 6.53. The van der Waals surface area contributed by atoms with Crippen molar-refractivity contribution in [3.05, 3.63) is 5.89 Å². The first kappa shape index (κ1) is 14.8. The van der Waals surface area contributed by atoms with Gasteiger partial charge in [0.15, 0.2) is 0 Å². The molecule has 0 unspecified atom stereocenters. The number of aryl methyl sites for hydroxylation is 1. The van der Waals surface area contributed by atoms with Gasteiger partial charge in [-0.1, -0.05) is 5.10 Å². The Morgan fingerprint density at radius 3 is 2.78 bits per heavy atom. The van der Waals surface area contributed by atoms with Crippen LogP contribution in [0.4, 0.5) is 6.01 Å². The van der Waals surface area contributed by atoms with E-state index in [1.165, 1.54) is 0 Å². The van der Waals surface area contributed by atoms with Gasteiger partial charge in [0.05, 0.1) is 0 Å². The number of rotatable bonds is 7. The standard InChI is InChI=1S/C11H19ClN4O2/c1-4-16(7-9(17)13-8(2)3)11-15-14-10(18-11)5-6-12/h8H,4-7H2,1-3H3,(H,13,17). The van der Waals surface area contributed by atoms with Crippen LogP contribution in [0.5, 0.6) is 0 Å². The average Bonchev–Trinajstić information content (AvgIpc) is 2.74. The van der Waals surface area contributed by atoms with Gasteiger partial charge >= 0.3 is 6.01 Å². The quantitative estimate of drug-likeness (QED) is 0.757. The lowest BCUT2D eigenvalue weighted by Gasteiger charge is -2.18. The SMILES string of the molecule is CCN(CC(=O)NC(C)C)c1nnc(CCCl)o1. The topological polar surface area (TPSA) is 71.3 Å². The molecule has 0 bridgehead atoms. The number of nitrogens with one attached hydrogen (secondary N) is 1. The number of hydrogen-bond donors (Lipinski definition) is 1. The third-order valence-electron chi connectivity index (χ3n) is 2.20. The van der Waals surface area contributed by atoms with Gasteiger partial charge in [-0.2, -0.15) is 0 Å². The molecular formula is C11H19ClN4O2. The van der Waals surface area contributed by atoms with Crippen LogP contribution in [0.3, 0.4) is 0 Å². The van der Waals surface area contributed by atoms with Crippen LogP contribution >= 0.6 is 11.6 Å². The van der Waals surface area contributed by atoms with Crippen LogP contribution in [-0.2, 0) is 11.2 Å². The van der Waals surface area contributed by atoms with Crippen LogP contribution in [0.2, 0.25) is 0 Å². The number of hydrogen-bond acceptors (Lipinski definition) is 5. The first-order chi connectivity index (χ1) is 8.56. The summed E-state index contributed by atoms with van der Waals surface area (Å²) < 4.78 is 5.42. The van der Waals surface area contributed by atoms with Crippen LogP contribution in [0.25, 0.3) is 0 Å². The highest BCUT2D eigenvalue weighted by molar-refractivity contribution is 6.17. The van der Waals surface area contributed by atoms with E-state index in [9.17, 15) is 4.79 Å². The molecule has 0 fully saturated rings. The summed E-state index contributed by atoms with van der Waals surface area (Å²) in [5, 5.41) is 10.6. The molecule has 1 N–H and O–H groups in total. The van der Waals surface area contributed by atoms with Crippen LogP contribution in [0, 0.1) is 0 Å². The van der Waals surface area contributed by atoms with Crippen molar-refractivity contribution in [3.63, 3.8) is 0 Å². The van der Waals surface area contributed by atoms with Gasteiger partial charge in [-0.25, -0.2) is 0 Å². The number of halogens is 1. The number of nitrogens with zero attached hydrogens (tertiary/aromatic N) is 3. The summed E-state index contributed by atoms with van der Waals surface area (Å²) >= 11 is 5.59. The fourth-order valence-electron chi connectivity index (χ4n) is 1.41. The predicted molar refractivity (Wildman–Crippen MR) is 69.9 cm³/mol. The minimum Gasteiger partial charge on any atom is -0.408 e. The van der Waals surface area contributed by atoms with Crippen molar-refractivity contribution in [2.75, 3.05) is 23.9 Å². The number of aromatic nitrogens is 2. The van der Waals surface area contributed by atoms with E-state index < -0.39 is 0 Å². The van der Waals surface area contributed by atoms with Gasteiger partial charge in [0.2, 0.25) is 11.8 Å². The molecule has 102 valence electrons. The van der Waals surface area contributed by atoms with E-state index in [0.29, 0.717) is 30.8 Å². The Morgan fingerprint density at radius 2 is 2.22 bits per heavy atom. The normalized spacial score (nSPS) is 10.7. The maximum Gasteiger partial charge on any atom is 0.318 e. The molecule has 0 atom stereocenters. The second-order valence-electron chi connectivity index (χ2n) is 4.15. The van der Waals surface area contributed by atoms with E-state index in [-0.39, 0.29) is 18.5 Å². The molecule has 0 aliphatic carbocycles. The third-order valence-corrected chi connectivity index (χ3v) is 2.39. The fraction of sp³-hybridized carbons (Fsp3) is 0.727. The number of amides is 1. The molecule has 0 aliphatic rings. The zero-order valence-electron chi connectivity index (χ0n) is 10.9. The van der Waals surface area contributed by atoms with E-state index in [1.54, 1.807) is 4.90 Å². The summed E-state index contributed by atoms with van der Waals surface area (Å²) in [4.78, 5) is 13.4. The van der Waals surface area contributed by atoms with E-state index in [0.717, 1.165) is 0 Å². The van der Waals surface area contributed by atoms with Gasteiger partial charge in [-0.05, 0) is 20.8 Å². The van der Waals surface area contributed by atoms with Crippen molar-refractivity contribution in [2.24, 2.45) is 0 Å². The summed E-state index contributed by atoms with van der Waals surface area (Å²) in [6.45, 7) is 6.58. The largest absolute Gasteiger partial charge is 0.408 e. The summed E-state index contributed by atoms with van der Waals surface area (Å²) in [7, 11) is 0. The number of carbonyl (C=O) groups is 1. The maximum absolute atomic E-state index is 11.7. The molecule has 0 aromatic carbocycles. The lowest BCUT2D eigenvalue weighted by atomic mass is 10.4. The number of likely N-dealkylation sites (N-methyl/N-ethyl adjacent to an activating group) is 1. The highest BCUT2D eigenvalue weighted by atomic mass is 35.5. The molecule has 0 spiro atoms. The number of alkyl halides is 1. The maximum atomic E-state index is 11.7. The predicted octanol–water partition coefficient (Wildman–Crippen LogP) is 1.20. The summed E-state index contributed by atoms with van der Waals surface area (Å²) in [6, 6.07) is 0.474. The van der Waals surface area contributed by atoms with E-state index in [1.807, 2.05) is 20.8 Å². The second kappa shape index (κ2) is 7.20. The molecule has 1 aromatic rings. The van der Waals surface area contributed by atoms with Gasteiger partial charge in [-0.3, -0.25) is 4.79 Å². The van der Waals surface area contributed by atoms with Gasteiger partial charge in [0.1, 0.15) is 6.54 Å². The molecular weight excluding hydrogens is 256 g/mol. The van der Waals surface area contributed by atoms with E-state index in [2.05, 4.69) is 15.5 Å². The molecule has 18 heavy (non-hydrogen) atoms. The molecule has 0 saturated carbocycles. The Labute approximate surface area is 112 Å². The molecule has 1 heterocycles. The Balaban J connectivity index is 2.61. The second-order valence-corrected chi connectivity index (χ2v) is 4.53. The average molecular weight is 275 g/mol. The molecule has 1 aromatic heterocycles. The zero-order valence-corrected chi connectivity index (χ0v) is 11.7. The van der Waals surface area contributed by atoms with Crippen molar-refractivity contribution in [3.8, 4) is 0 Å². The smallest absolute Gasteiger partial charge is 0.318 e.